The molecule has 0 aromatic carbocycles. The summed E-state index contributed by atoms with van der Waals surface area (Å²) in [7, 11) is 0. The molecule has 0 atom stereocenters. The molecule has 4 rings (SSSR count). The van der Waals surface area contributed by atoms with Gasteiger partial charge >= 0.3 is 0 Å². The molecule has 114 valence electrons. The summed E-state index contributed by atoms with van der Waals surface area (Å²) >= 11 is 0. The van der Waals surface area contributed by atoms with E-state index < -0.39 is 0 Å². The van der Waals surface area contributed by atoms with E-state index in [0.717, 1.165) is 53.4 Å². The highest BCUT2D eigenvalue weighted by molar-refractivity contribution is 6.06. The Bertz CT molecular complexity index is 947. The van der Waals surface area contributed by atoms with Crippen LogP contribution in [0.4, 0.5) is 0 Å². The van der Waals surface area contributed by atoms with Gasteiger partial charge in [0, 0.05) is 30.1 Å². The van der Waals surface area contributed by atoms with E-state index >= 15 is 0 Å². The summed E-state index contributed by atoms with van der Waals surface area (Å²) in [4.78, 5) is 25.9. The Hall–Kier alpha value is -2.94. The number of aromatic amines is 1. The van der Waals surface area contributed by atoms with E-state index in [1.165, 1.54) is 0 Å². The van der Waals surface area contributed by atoms with Gasteiger partial charge in [-0.05, 0) is 30.5 Å². The fourth-order valence-electron chi connectivity index (χ4n) is 3.13. The van der Waals surface area contributed by atoms with E-state index in [-0.39, 0.29) is 5.91 Å². The number of nitrogens with one attached hydrogen (secondary N) is 1. The predicted octanol–water partition coefficient (Wildman–Crippen LogP) is 2.15. The van der Waals surface area contributed by atoms with Gasteiger partial charge in [-0.1, -0.05) is 0 Å². The molecule has 4 heterocycles. The Morgan fingerprint density at radius 2 is 2.04 bits per heavy atom. The van der Waals surface area contributed by atoms with Crippen molar-refractivity contribution in [1.29, 1.82) is 5.26 Å². The standard InChI is InChI=1S/C17H15N5O/c18-8-12-7-13-14-5-11(6-16(23)22-3-1-2-4-22)9-20-17(14)21-15(13)10-19-12/h5,7,9-10H,1-4,6H2,(H,20,21). The summed E-state index contributed by atoms with van der Waals surface area (Å²) in [6.45, 7) is 1.72. The van der Waals surface area contributed by atoms with Gasteiger partial charge in [-0.25, -0.2) is 9.97 Å². The Morgan fingerprint density at radius 3 is 2.83 bits per heavy atom. The number of hydrogen-bond acceptors (Lipinski definition) is 4. The van der Waals surface area contributed by atoms with Gasteiger partial charge in [-0.15, -0.1) is 0 Å². The Labute approximate surface area is 132 Å². The van der Waals surface area contributed by atoms with Crippen LogP contribution in [0.15, 0.2) is 24.5 Å². The van der Waals surface area contributed by atoms with Crippen molar-refractivity contribution < 1.29 is 4.79 Å². The zero-order valence-corrected chi connectivity index (χ0v) is 12.5. The fourth-order valence-corrected chi connectivity index (χ4v) is 3.13. The van der Waals surface area contributed by atoms with E-state index in [1.807, 2.05) is 11.0 Å². The second-order valence-electron chi connectivity index (χ2n) is 5.86. The van der Waals surface area contributed by atoms with Crippen LogP contribution in [0.3, 0.4) is 0 Å². The van der Waals surface area contributed by atoms with Gasteiger partial charge in [-0.2, -0.15) is 5.26 Å². The maximum absolute atomic E-state index is 12.3. The summed E-state index contributed by atoms with van der Waals surface area (Å²) < 4.78 is 0. The van der Waals surface area contributed by atoms with Crippen LogP contribution in [0, 0.1) is 11.3 Å². The van der Waals surface area contributed by atoms with Gasteiger partial charge in [0.05, 0.1) is 18.1 Å². The highest BCUT2D eigenvalue weighted by Crippen LogP contribution is 2.25. The molecule has 23 heavy (non-hydrogen) atoms. The number of H-pyrrole nitrogens is 1. The SMILES string of the molecule is N#Cc1cc2c(cn1)[nH]c1ncc(CC(=O)N3CCCC3)cc12. The number of nitrogens with zero attached hydrogens (tertiary/aromatic N) is 4. The van der Waals surface area contributed by atoms with Crippen LogP contribution in [0.2, 0.25) is 0 Å². The van der Waals surface area contributed by atoms with Gasteiger partial charge in [-0.3, -0.25) is 4.79 Å². The number of carbonyl (C=O) groups excluding carboxylic acids is 1. The third kappa shape index (κ3) is 2.40. The molecule has 1 aliphatic rings. The molecule has 0 unspecified atom stereocenters. The zero-order chi connectivity index (χ0) is 15.8. The maximum Gasteiger partial charge on any atom is 0.227 e. The van der Waals surface area contributed by atoms with Crippen molar-refractivity contribution in [1.82, 2.24) is 19.9 Å². The van der Waals surface area contributed by atoms with Crippen LogP contribution in [-0.2, 0) is 11.2 Å². The van der Waals surface area contributed by atoms with Gasteiger partial charge in [0.1, 0.15) is 17.4 Å². The number of rotatable bonds is 2. The van der Waals surface area contributed by atoms with Crippen molar-refractivity contribution in [3.05, 3.63) is 35.8 Å². The lowest BCUT2D eigenvalue weighted by atomic mass is 10.1. The topological polar surface area (TPSA) is 85.7 Å². The summed E-state index contributed by atoms with van der Waals surface area (Å²) in [5.41, 5.74) is 2.85. The van der Waals surface area contributed by atoms with Gasteiger partial charge < -0.3 is 9.88 Å². The summed E-state index contributed by atoms with van der Waals surface area (Å²) in [6.07, 6.45) is 5.94. The number of likely N-dealkylation sites (tertiary alicyclic amines) is 1. The lowest BCUT2D eigenvalue weighted by Crippen LogP contribution is -2.29. The zero-order valence-electron chi connectivity index (χ0n) is 12.5. The molecule has 1 N–H and O–H groups in total. The molecule has 0 aliphatic carbocycles. The van der Waals surface area contributed by atoms with E-state index in [2.05, 4.69) is 21.0 Å². The Balaban J connectivity index is 1.72. The Kier molecular flexibility index (Phi) is 3.19. The number of amides is 1. The molecule has 3 aromatic rings. The summed E-state index contributed by atoms with van der Waals surface area (Å²) in [6, 6.07) is 5.79. The smallest absolute Gasteiger partial charge is 0.227 e. The number of nitriles is 1. The largest absolute Gasteiger partial charge is 0.342 e. The first-order valence-electron chi connectivity index (χ1n) is 7.69. The summed E-state index contributed by atoms with van der Waals surface area (Å²) in [5, 5.41) is 10.8. The normalized spacial score (nSPS) is 14.5. The molecule has 1 aliphatic heterocycles. The monoisotopic (exact) mass is 305 g/mol. The van der Waals surface area contributed by atoms with Crippen molar-refractivity contribution >= 4 is 27.8 Å². The van der Waals surface area contributed by atoms with Crippen molar-refractivity contribution in [3.63, 3.8) is 0 Å². The minimum atomic E-state index is 0.155. The molecule has 0 spiro atoms. The molecule has 1 fully saturated rings. The molecular formula is C17H15N5O. The lowest BCUT2D eigenvalue weighted by Gasteiger charge is -2.14. The van der Waals surface area contributed by atoms with Crippen molar-refractivity contribution in [2.75, 3.05) is 13.1 Å². The number of hydrogen-bond donors (Lipinski definition) is 1. The molecule has 1 amide bonds. The number of pyridine rings is 2. The minimum absolute atomic E-state index is 0.155. The lowest BCUT2D eigenvalue weighted by molar-refractivity contribution is -0.129. The van der Waals surface area contributed by atoms with Crippen molar-refractivity contribution in [2.45, 2.75) is 19.3 Å². The molecule has 0 bridgehead atoms. The number of fused-ring (bicyclic) bond motifs is 3. The van der Waals surface area contributed by atoms with E-state index in [4.69, 9.17) is 5.26 Å². The average molecular weight is 305 g/mol. The molecular weight excluding hydrogens is 290 g/mol. The molecule has 6 nitrogen and oxygen atoms in total. The quantitative estimate of drug-likeness (QED) is 0.786. The van der Waals surface area contributed by atoms with Crippen molar-refractivity contribution in [2.24, 2.45) is 0 Å². The molecule has 0 radical (unpaired) electrons. The highest BCUT2D eigenvalue weighted by atomic mass is 16.2. The van der Waals surface area contributed by atoms with Crippen LogP contribution in [0.1, 0.15) is 24.1 Å². The van der Waals surface area contributed by atoms with Crippen LogP contribution in [0.25, 0.3) is 21.9 Å². The third-order valence-corrected chi connectivity index (χ3v) is 4.32. The average Bonchev–Trinajstić information content (AvgIpc) is 3.22. The molecule has 0 saturated carbocycles. The first-order chi connectivity index (χ1) is 11.2. The third-order valence-electron chi connectivity index (χ3n) is 4.32. The Morgan fingerprint density at radius 1 is 1.22 bits per heavy atom. The predicted molar refractivity (Wildman–Crippen MR) is 85.6 cm³/mol. The van der Waals surface area contributed by atoms with Gasteiger partial charge in [0.25, 0.3) is 0 Å². The fraction of sp³-hybridized carbons (Fsp3) is 0.294. The van der Waals surface area contributed by atoms with Crippen LogP contribution >= 0.6 is 0 Å². The number of carbonyl (C=O) groups is 1. The minimum Gasteiger partial charge on any atom is -0.342 e. The second kappa shape index (κ2) is 5.36. The second-order valence-corrected chi connectivity index (χ2v) is 5.86. The maximum atomic E-state index is 12.3. The first kappa shape index (κ1) is 13.7. The summed E-state index contributed by atoms with van der Waals surface area (Å²) in [5.74, 6) is 0.155. The van der Waals surface area contributed by atoms with Crippen molar-refractivity contribution in [3.8, 4) is 6.07 Å². The molecule has 6 heteroatoms. The van der Waals surface area contributed by atoms with Gasteiger partial charge in [0.15, 0.2) is 0 Å². The van der Waals surface area contributed by atoms with E-state index in [1.54, 1.807) is 18.5 Å². The van der Waals surface area contributed by atoms with E-state index in [0.29, 0.717) is 12.1 Å². The van der Waals surface area contributed by atoms with Crippen LogP contribution in [0.5, 0.6) is 0 Å². The highest BCUT2D eigenvalue weighted by Gasteiger charge is 2.18. The van der Waals surface area contributed by atoms with Crippen LogP contribution < -0.4 is 0 Å². The first-order valence-corrected chi connectivity index (χ1v) is 7.69. The molecule has 1 saturated heterocycles. The molecule has 3 aromatic heterocycles. The van der Waals surface area contributed by atoms with Gasteiger partial charge in [0.2, 0.25) is 5.91 Å². The number of aromatic nitrogens is 3. The van der Waals surface area contributed by atoms with E-state index in [9.17, 15) is 4.79 Å². The van der Waals surface area contributed by atoms with Crippen LogP contribution in [-0.4, -0.2) is 38.8 Å².